The molecule has 1 atom stereocenters. The fourth-order valence-corrected chi connectivity index (χ4v) is 2.22. The van der Waals surface area contributed by atoms with Crippen molar-refractivity contribution in [3.63, 3.8) is 0 Å². The number of nitrogens with one attached hydrogen (secondary N) is 1. The summed E-state index contributed by atoms with van der Waals surface area (Å²) in [6.45, 7) is 9.75. The van der Waals surface area contributed by atoms with E-state index < -0.39 is 0 Å². The Labute approximate surface area is 112 Å². The lowest BCUT2D eigenvalue weighted by Gasteiger charge is -2.27. The van der Waals surface area contributed by atoms with E-state index in [-0.39, 0.29) is 0 Å². The van der Waals surface area contributed by atoms with Gasteiger partial charge in [-0.1, -0.05) is 19.9 Å². The normalized spacial score (nSPS) is 12.8. The lowest BCUT2D eigenvalue weighted by Crippen LogP contribution is -2.31. The highest BCUT2D eigenvalue weighted by Crippen LogP contribution is 2.18. The minimum Gasteiger partial charge on any atom is -0.357 e. The van der Waals surface area contributed by atoms with Crippen LogP contribution in [0.25, 0.3) is 0 Å². The molecule has 0 fully saturated rings. The molecule has 0 saturated heterocycles. The molecule has 0 radical (unpaired) electrons. The highest BCUT2D eigenvalue weighted by molar-refractivity contribution is 5.41. The van der Waals surface area contributed by atoms with Gasteiger partial charge >= 0.3 is 0 Å². The summed E-state index contributed by atoms with van der Waals surface area (Å²) in [4.78, 5) is 6.98. The summed E-state index contributed by atoms with van der Waals surface area (Å²) < 4.78 is 0. The molecule has 0 spiro atoms. The summed E-state index contributed by atoms with van der Waals surface area (Å²) in [6, 6.07) is 4.82. The van der Waals surface area contributed by atoms with Crippen molar-refractivity contribution in [1.29, 1.82) is 0 Å². The molecule has 0 aromatic carbocycles. The van der Waals surface area contributed by atoms with E-state index in [1.807, 2.05) is 7.05 Å². The first-order valence-corrected chi connectivity index (χ1v) is 6.79. The molecular formula is C15H27N3. The molecule has 1 N–H and O–H groups in total. The molecule has 3 nitrogen and oxygen atoms in total. The standard InChI is InChI=1S/C15H27N3/c1-11(2)9-12(3)18(6)15-8-7-14(10-16-5)13(4)17-15/h7-8,11-12,16H,9-10H2,1-6H3. The van der Waals surface area contributed by atoms with E-state index in [2.05, 4.69) is 57.1 Å². The number of nitrogens with zero attached hydrogens (tertiary/aromatic N) is 2. The smallest absolute Gasteiger partial charge is 0.128 e. The molecule has 1 aromatic heterocycles. The number of pyridine rings is 1. The van der Waals surface area contributed by atoms with E-state index >= 15 is 0 Å². The maximum absolute atomic E-state index is 4.71. The lowest BCUT2D eigenvalue weighted by molar-refractivity contribution is 0.502. The lowest BCUT2D eigenvalue weighted by atomic mass is 10.0. The molecule has 0 aliphatic heterocycles. The Morgan fingerprint density at radius 3 is 2.44 bits per heavy atom. The zero-order valence-corrected chi connectivity index (χ0v) is 12.6. The van der Waals surface area contributed by atoms with E-state index in [1.165, 1.54) is 12.0 Å². The van der Waals surface area contributed by atoms with Crippen molar-refractivity contribution in [3.8, 4) is 0 Å². The van der Waals surface area contributed by atoms with Gasteiger partial charge in [-0.2, -0.15) is 0 Å². The minimum atomic E-state index is 0.520. The van der Waals surface area contributed by atoms with Crippen LogP contribution in [0.1, 0.15) is 38.4 Å². The van der Waals surface area contributed by atoms with Gasteiger partial charge in [0.25, 0.3) is 0 Å². The van der Waals surface area contributed by atoms with Crippen LogP contribution >= 0.6 is 0 Å². The van der Waals surface area contributed by atoms with Gasteiger partial charge < -0.3 is 10.2 Å². The van der Waals surface area contributed by atoms with Gasteiger partial charge in [-0.05, 0) is 44.9 Å². The van der Waals surface area contributed by atoms with Crippen molar-refractivity contribution in [2.75, 3.05) is 19.0 Å². The van der Waals surface area contributed by atoms with Gasteiger partial charge in [0.05, 0.1) is 0 Å². The maximum Gasteiger partial charge on any atom is 0.128 e. The van der Waals surface area contributed by atoms with Crippen molar-refractivity contribution >= 4 is 5.82 Å². The van der Waals surface area contributed by atoms with Crippen LogP contribution in [0.2, 0.25) is 0 Å². The summed E-state index contributed by atoms with van der Waals surface area (Å²) in [5.41, 5.74) is 2.39. The Kier molecular flexibility index (Phi) is 5.60. The molecule has 0 aliphatic carbocycles. The van der Waals surface area contributed by atoms with Crippen molar-refractivity contribution in [2.24, 2.45) is 5.92 Å². The second-order valence-corrected chi connectivity index (χ2v) is 5.53. The SMILES string of the molecule is CNCc1ccc(N(C)C(C)CC(C)C)nc1C. The number of hydrogen-bond acceptors (Lipinski definition) is 3. The van der Waals surface area contributed by atoms with Crippen LogP contribution in [0.3, 0.4) is 0 Å². The van der Waals surface area contributed by atoms with Crippen molar-refractivity contribution < 1.29 is 0 Å². The average Bonchev–Trinajstić information content (AvgIpc) is 2.30. The Morgan fingerprint density at radius 1 is 1.28 bits per heavy atom. The first-order chi connectivity index (χ1) is 8.45. The topological polar surface area (TPSA) is 28.2 Å². The molecule has 0 amide bonds. The number of aromatic nitrogens is 1. The van der Waals surface area contributed by atoms with Crippen molar-refractivity contribution in [3.05, 3.63) is 23.4 Å². The highest BCUT2D eigenvalue weighted by atomic mass is 15.2. The van der Waals surface area contributed by atoms with Gasteiger partial charge in [-0.3, -0.25) is 0 Å². The second-order valence-electron chi connectivity index (χ2n) is 5.53. The van der Waals surface area contributed by atoms with Crippen LogP contribution < -0.4 is 10.2 Å². The largest absolute Gasteiger partial charge is 0.357 e. The average molecular weight is 249 g/mol. The third-order valence-corrected chi connectivity index (χ3v) is 3.38. The Bertz CT molecular complexity index is 374. The van der Waals surface area contributed by atoms with Crippen LogP contribution in [-0.4, -0.2) is 25.1 Å². The van der Waals surface area contributed by atoms with Crippen LogP contribution in [0.15, 0.2) is 12.1 Å². The Hall–Kier alpha value is -1.09. The molecular weight excluding hydrogens is 222 g/mol. The number of anilines is 1. The fourth-order valence-electron chi connectivity index (χ4n) is 2.22. The van der Waals surface area contributed by atoms with Gasteiger partial charge in [0.2, 0.25) is 0 Å². The third kappa shape index (κ3) is 3.98. The molecule has 3 heteroatoms. The van der Waals surface area contributed by atoms with Crippen LogP contribution in [0, 0.1) is 12.8 Å². The zero-order valence-electron chi connectivity index (χ0n) is 12.6. The molecule has 0 bridgehead atoms. The third-order valence-electron chi connectivity index (χ3n) is 3.38. The summed E-state index contributed by atoms with van der Waals surface area (Å²) in [7, 11) is 4.09. The van der Waals surface area contributed by atoms with E-state index in [4.69, 9.17) is 4.98 Å². The number of hydrogen-bond donors (Lipinski definition) is 1. The van der Waals surface area contributed by atoms with E-state index in [1.54, 1.807) is 0 Å². The molecule has 1 unspecified atom stereocenters. The number of rotatable bonds is 6. The van der Waals surface area contributed by atoms with Crippen molar-refractivity contribution in [1.82, 2.24) is 10.3 Å². The van der Waals surface area contributed by atoms with Gasteiger partial charge in [0.1, 0.15) is 5.82 Å². The predicted molar refractivity (Wildman–Crippen MR) is 79.1 cm³/mol. The first-order valence-electron chi connectivity index (χ1n) is 6.79. The van der Waals surface area contributed by atoms with Gasteiger partial charge in [-0.25, -0.2) is 4.98 Å². The molecule has 0 aliphatic rings. The fraction of sp³-hybridized carbons (Fsp3) is 0.667. The molecule has 102 valence electrons. The van der Waals surface area contributed by atoms with E-state index in [9.17, 15) is 0 Å². The molecule has 18 heavy (non-hydrogen) atoms. The highest BCUT2D eigenvalue weighted by Gasteiger charge is 2.13. The molecule has 0 saturated carbocycles. The zero-order chi connectivity index (χ0) is 13.7. The summed E-state index contributed by atoms with van der Waals surface area (Å²) >= 11 is 0. The Morgan fingerprint density at radius 2 is 1.94 bits per heavy atom. The van der Waals surface area contributed by atoms with Crippen LogP contribution in [0.5, 0.6) is 0 Å². The molecule has 1 heterocycles. The summed E-state index contributed by atoms with van der Waals surface area (Å²) in [5, 5.41) is 3.17. The van der Waals surface area contributed by atoms with Crippen LogP contribution in [-0.2, 0) is 6.54 Å². The van der Waals surface area contributed by atoms with Crippen LogP contribution in [0.4, 0.5) is 5.82 Å². The summed E-state index contributed by atoms with van der Waals surface area (Å²) in [5.74, 6) is 1.78. The van der Waals surface area contributed by atoms with Gasteiger partial charge in [0, 0.05) is 25.3 Å². The van der Waals surface area contributed by atoms with E-state index in [0.717, 1.165) is 18.1 Å². The Balaban J connectivity index is 2.80. The number of aryl methyl sites for hydroxylation is 1. The van der Waals surface area contributed by atoms with Gasteiger partial charge in [0.15, 0.2) is 0 Å². The molecule has 1 aromatic rings. The minimum absolute atomic E-state index is 0.520. The van der Waals surface area contributed by atoms with Gasteiger partial charge in [-0.15, -0.1) is 0 Å². The maximum atomic E-state index is 4.71. The van der Waals surface area contributed by atoms with E-state index in [0.29, 0.717) is 12.0 Å². The summed E-state index contributed by atoms with van der Waals surface area (Å²) in [6.07, 6.45) is 1.19. The predicted octanol–water partition coefficient (Wildman–Crippen LogP) is 2.98. The van der Waals surface area contributed by atoms with Crippen molar-refractivity contribution in [2.45, 2.75) is 46.7 Å². The molecule has 1 rings (SSSR count). The second kappa shape index (κ2) is 6.74. The monoisotopic (exact) mass is 249 g/mol. The quantitative estimate of drug-likeness (QED) is 0.840. The first kappa shape index (κ1) is 15.0.